The highest BCUT2D eigenvalue weighted by molar-refractivity contribution is 6.02. The van der Waals surface area contributed by atoms with Gasteiger partial charge in [0, 0.05) is 18.4 Å². The number of alkyl carbamates (subject to hydrolysis) is 1. The van der Waals surface area contributed by atoms with Crippen molar-refractivity contribution in [3.8, 4) is 0 Å². The standard InChI is InChI=1S/C32H30N2O4/c35-30(27-19-11-4-12-20-27)28(21-24-13-5-1-6-14-24)33-31(36)29(22-25-15-7-2-8-16-25)34-32(37)38-23-26-17-9-3-10-18-26/h1-20,28-29H,21-23H2,(H,33,36)(H,34,37)/t28?,29-/m0/s1. The van der Waals surface area contributed by atoms with Crippen molar-refractivity contribution in [1.82, 2.24) is 10.6 Å². The summed E-state index contributed by atoms with van der Waals surface area (Å²) in [5.74, 6) is -0.663. The van der Waals surface area contributed by atoms with E-state index in [4.69, 9.17) is 4.74 Å². The van der Waals surface area contributed by atoms with Crippen molar-refractivity contribution >= 4 is 17.8 Å². The lowest BCUT2D eigenvalue weighted by Crippen LogP contribution is -2.53. The molecule has 6 heteroatoms. The molecule has 6 nitrogen and oxygen atoms in total. The summed E-state index contributed by atoms with van der Waals surface area (Å²) in [7, 11) is 0. The average molecular weight is 507 g/mol. The van der Waals surface area contributed by atoms with Gasteiger partial charge in [-0.15, -0.1) is 0 Å². The van der Waals surface area contributed by atoms with Crippen LogP contribution in [0, 0.1) is 0 Å². The second-order valence-corrected chi connectivity index (χ2v) is 8.93. The average Bonchev–Trinajstić information content (AvgIpc) is 2.97. The summed E-state index contributed by atoms with van der Waals surface area (Å²) in [4.78, 5) is 39.7. The molecule has 38 heavy (non-hydrogen) atoms. The van der Waals surface area contributed by atoms with Crippen LogP contribution in [-0.4, -0.2) is 29.9 Å². The molecule has 0 bridgehead atoms. The molecule has 0 aromatic heterocycles. The van der Waals surface area contributed by atoms with Gasteiger partial charge >= 0.3 is 6.09 Å². The van der Waals surface area contributed by atoms with Crippen LogP contribution in [0.4, 0.5) is 4.79 Å². The molecule has 2 amide bonds. The van der Waals surface area contributed by atoms with Crippen molar-refractivity contribution < 1.29 is 19.1 Å². The topological polar surface area (TPSA) is 84.5 Å². The maximum absolute atomic E-state index is 13.6. The van der Waals surface area contributed by atoms with E-state index in [1.54, 1.807) is 24.3 Å². The first-order chi connectivity index (χ1) is 18.6. The zero-order valence-electron chi connectivity index (χ0n) is 21.0. The van der Waals surface area contributed by atoms with Gasteiger partial charge in [-0.2, -0.15) is 0 Å². The van der Waals surface area contributed by atoms with E-state index in [1.807, 2.05) is 97.1 Å². The molecule has 0 aliphatic heterocycles. The summed E-state index contributed by atoms with van der Waals surface area (Å²) in [6.07, 6.45) is -0.152. The van der Waals surface area contributed by atoms with E-state index < -0.39 is 24.1 Å². The molecule has 0 fully saturated rings. The van der Waals surface area contributed by atoms with E-state index >= 15 is 0 Å². The highest BCUT2D eigenvalue weighted by atomic mass is 16.5. The van der Waals surface area contributed by atoms with Crippen molar-refractivity contribution in [2.24, 2.45) is 0 Å². The van der Waals surface area contributed by atoms with E-state index in [9.17, 15) is 14.4 Å². The van der Waals surface area contributed by atoms with Crippen LogP contribution in [0.5, 0.6) is 0 Å². The SMILES string of the molecule is O=C(N[C@@H](Cc1ccccc1)C(=O)NC(Cc1ccccc1)C(=O)c1ccccc1)OCc1ccccc1. The number of carbonyl (C=O) groups excluding carboxylic acids is 3. The van der Waals surface area contributed by atoms with Crippen molar-refractivity contribution in [2.45, 2.75) is 31.5 Å². The predicted octanol–water partition coefficient (Wildman–Crippen LogP) is 5.13. The number of ether oxygens (including phenoxy) is 1. The van der Waals surface area contributed by atoms with Crippen LogP contribution in [-0.2, 0) is 29.0 Å². The second-order valence-electron chi connectivity index (χ2n) is 8.93. The van der Waals surface area contributed by atoms with E-state index in [2.05, 4.69) is 10.6 Å². The number of amides is 2. The quantitative estimate of drug-likeness (QED) is 0.276. The monoisotopic (exact) mass is 506 g/mol. The molecular formula is C32H30N2O4. The normalized spacial score (nSPS) is 12.1. The number of carbonyl (C=O) groups is 3. The van der Waals surface area contributed by atoms with E-state index in [0.717, 1.165) is 16.7 Å². The number of rotatable bonds is 11. The molecule has 0 saturated carbocycles. The lowest BCUT2D eigenvalue weighted by atomic mass is 9.96. The number of hydrogen-bond donors (Lipinski definition) is 2. The van der Waals surface area contributed by atoms with Crippen LogP contribution < -0.4 is 10.6 Å². The first-order valence-corrected chi connectivity index (χ1v) is 12.5. The molecule has 0 saturated heterocycles. The maximum atomic E-state index is 13.6. The molecule has 192 valence electrons. The van der Waals surface area contributed by atoms with Crippen LogP contribution in [0.1, 0.15) is 27.0 Å². The summed E-state index contributed by atoms with van der Waals surface area (Å²) >= 11 is 0. The highest BCUT2D eigenvalue weighted by Crippen LogP contribution is 2.12. The summed E-state index contributed by atoms with van der Waals surface area (Å²) in [6, 6.07) is 35.3. The Morgan fingerprint density at radius 1 is 0.553 bits per heavy atom. The molecule has 0 aliphatic rings. The van der Waals surface area contributed by atoms with Crippen molar-refractivity contribution in [3.63, 3.8) is 0 Å². The molecule has 0 aliphatic carbocycles. The van der Waals surface area contributed by atoms with Crippen LogP contribution in [0.25, 0.3) is 0 Å². The van der Waals surface area contributed by atoms with Gasteiger partial charge < -0.3 is 15.4 Å². The Kier molecular flexibility index (Phi) is 9.40. The van der Waals surface area contributed by atoms with Crippen LogP contribution >= 0.6 is 0 Å². The predicted molar refractivity (Wildman–Crippen MR) is 147 cm³/mol. The van der Waals surface area contributed by atoms with E-state index in [0.29, 0.717) is 12.0 Å². The molecule has 0 radical (unpaired) electrons. The molecule has 4 rings (SSSR count). The molecule has 0 heterocycles. The minimum absolute atomic E-state index is 0.0788. The molecule has 4 aromatic carbocycles. The van der Waals surface area contributed by atoms with Crippen LogP contribution in [0.15, 0.2) is 121 Å². The maximum Gasteiger partial charge on any atom is 0.408 e. The Hall–Kier alpha value is -4.71. The minimum Gasteiger partial charge on any atom is -0.445 e. The first kappa shape index (κ1) is 26.4. The van der Waals surface area contributed by atoms with Gasteiger partial charge in [0.1, 0.15) is 12.6 Å². The van der Waals surface area contributed by atoms with Gasteiger partial charge in [-0.05, 0) is 16.7 Å². The summed E-state index contributed by atoms with van der Waals surface area (Å²) in [5, 5.41) is 5.60. The lowest BCUT2D eigenvalue weighted by molar-refractivity contribution is -0.123. The lowest BCUT2D eigenvalue weighted by Gasteiger charge is -2.23. The van der Waals surface area contributed by atoms with Gasteiger partial charge in [0.25, 0.3) is 0 Å². The highest BCUT2D eigenvalue weighted by Gasteiger charge is 2.28. The zero-order valence-corrected chi connectivity index (χ0v) is 21.0. The zero-order chi connectivity index (χ0) is 26.6. The van der Waals surface area contributed by atoms with Gasteiger partial charge in [0.2, 0.25) is 5.91 Å². The fraction of sp³-hybridized carbons (Fsp3) is 0.156. The summed E-state index contributed by atoms with van der Waals surface area (Å²) in [5.41, 5.74) is 3.12. The second kappa shape index (κ2) is 13.6. The third-order valence-electron chi connectivity index (χ3n) is 6.08. The van der Waals surface area contributed by atoms with Crippen LogP contribution in [0.2, 0.25) is 0 Å². The van der Waals surface area contributed by atoms with E-state index in [1.165, 1.54) is 0 Å². The van der Waals surface area contributed by atoms with Gasteiger partial charge in [-0.3, -0.25) is 9.59 Å². The first-order valence-electron chi connectivity index (χ1n) is 12.5. The molecule has 4 aromatic rings. The number of nitrogens with one attached hydrogen (secondary N) is 2. The van der Waals surface area contributed by atoms with Crippen molar-refractivity contribution in [3.05, 3.63) is 144 Å². The molecule has 2 N–H and O–H groups in total. The summed E-state index contributed by atoms with van der Waals surface area (Å²) < 4.78 is 5.37. The smallest absolute Gasteiger partial charge is 0.408 e. The Morgan fingerprint density at radius 2 is 1.00 bits per heavy atom. The van der Waals surface area contributed by atoms with Crippen LogP contribution in [0.3, 0.4) is 0 Å². The number of benzene rings is 4. The summed E-state index contributed by atoms with van der Waals surface area (Å²) in [6.45, 7) is 0.0788. The largest absolute Gasteiger partial charge is 0.445 e. The number of hydrogen-bond acceptors (Lipinski definition) is 4. The van der Waals surface area contributed by atoms with Crippen molar-refractivity contribution in [2.75, 3.05) is 0 Å². The third-order valence-corrected chi connectivity index (χ3v) is 6.08. The Morgan fingerprint density at radius 3 is 1.53 bits per heavy atom. The number of ketones is 1. The fourth-order valence-corrected chi connectivity index (χ4v) is 4.10. The third kappa shape index (κ3) is 7.90. The van der Waals surface area contributed by atoms with Gasteiger partial charge in [0.15, 0.2) is 5.78 Å². The Bertz CT molecular complexity index is 1310. The Balaban J connectivity index is 1.51. The molecule has 2 atom stereocenters. The van der Waals surface area contributed by atoms with Gasteiger partial charge in [-0.25, -0.2) is 4.79 Å². The molecule has 0 spiro atoms. The fourth-order valence-electron chi connectivity index (χ4n) is 4.10. The van der Waals surface area contributed by atoms with Gasteiger partial charge in [0.05, 0.1) is 6.04 Å². The Labute approximate surface area is 222 Å². The van der Waals surface area contributed by atoms with Gasteiger partial charge in [-0.1, -0.05) is 121 Å². The number of Topliss-reactive ketones (excluding diaryl/α,β-unsaturated/α-hetero) is 1. The van der Waals surface area contributed by atoms with E-state index in [-0.39, 0.29) is 18.8 Å². The minimum atomic E-state index is -0.942. The van der Waals surface area contributed by atoms with Crippen molar-refractivity contribution in [1.29, 1.82) is 0 Å². The molecular weight excluding hydrogens is 476 g/mol. The molecule has 1 unspecified atom stereocenters.